The minimum absolute atomic E-state index is 0.134. The van der Waals surface area contributed by atoms with Crippen molar-refractivity contribution in [2.45, 2.75) is 84.3 Å². The lowest BCUT2D eigenvalue weighted by Gasteiger charge is -2.38. The second kappa shape index (κ2) is 10.6. The molecule has 0 aromatic heterocycles. The van der Waals surface area contributed by atoms with Gasteiger partial charge < -0.3 is 9.47 Å². The molecular formula is C24H37FO2. The van der Waals surface area contributed by atoms with Crippen LogP contribution in [0.3, 0.4) is 0 Å². The van der Waals surface area contributed by atoms with Crippen LogP contribution in [-0.4, -0.2) is 13.2 Å². The number of benzene rings is 1. The first kappa shape index (κ1) is 20.8. The van der Waals surface area contributed by atoms with E-state index in [1.54, 1.807) is 6.07 Å². The predicted octanol–water partition coefficient (Wildman–Crippen LogP) is 6.83. The molecule has 1 aromatic rings. The van der Waals surface area contributed by atoms with Crippen LogP contribution in [-0.2, 0) is 15.9 Å². The summed E-state index contributed by atoms with van der Waals surface area (Å²) in [6.45, 7) is 5.84. The lowest BCUT2D eigenvalue weighted by Crippen LogP contribution is -2.34. The summed E-state index contributed by atoms with van der Waals surface area (Å²) in [6.07, 6.45) is 12.2. The molecule has 152 valence electrons. The average Bonchev–Trinajstić information content (AvgIpc) is 2.71. The normalized spacial score (nSPS) is 29.0. The third kappa shape index (κ3) is 5.77. The summed E-state index contributed by atoms with van der Waals surface area (Å²) < 4.78 is 26.2. The monoisotopic (exact) mass is 376 g/mol. The van der Waals surface area contributed by atoms with E-state index in [-0.39, 0.29) is 5.82 Å². The number of hydrogen-bond acceptors (Lipinski definition) is 2. The highest BCUT2D eigenvalue weighted by Crippen LogP contribution is 2.38. The molecule has 3 heteroatoms. The average molecular weight is 377 g/mol. The molecule has 1 saturated heterocycles. The highest BCUT2D eigenvalue weighted by molar-refractivity contribution is 5.25. The van der Waals surface area contributed by atoms with E-state index in [0.717, 1.165) is 49.0 Å². The third-order valence-corrected chi connectivity index (χ3v) is 6.57. The van der Waals surface area contributed by atoms with Gasteiger partial charge in [-0.05, 0) is 42.7 Å². The topological polar surface area (TPSA) is 18.5 Å². The van der Waals surface area contributed by atoms with Gasteiger partial charge in [-0.3, -0.25) is 0 Å². The van der Waals surface area contributed by atoms with Crippen molar-refractivity contribution in [3.63, 3.8) is 0 Å². The lowest BCUT2D eigenvalue weighted by molar-refractivity contribution is -0.214. The maximum Gasteiger partial charge on any atom is 0.183 e. The van der Waals surface area contributed by atoms with Crippen LogP contribution in [0.15, 0.2) is 18.2 Å². The first-order chi connectivity index (χ1) is 13.2. The van der Waals surface area contributed by atoms with E-state index in [1.165, 1.54) is 51.4 Å². The Bertz CT molecular complexity index is 557. The highest BCUT2D eigenvalue weighted by Gasteiger charge is 2.32. The summed E-state index contributed by atoms with van der Waals surface area (Å²) in [5.74, 6) is 2.04. The summed E-state index contributed by atoms with van der Waals surface area (Å²) >= 11 is 0. The maximum absolute atomic E-state index is 14.2. The molecule has 1 aliphatic carbocycles. The minimum atomic E-state index is -0.406. The molecule has 0 radical (unpaired) electrons. The lowest BCUT2D eigenvalue weighted by atomic mass is 9.74. The largest absolute Gasteiger partial charge is 0.348 e. The molecule has 2 aliphatic rings. The van der Waals surface area contributed by atoms with E-state index in [4.69, 9.17) is 9.47 Å². The second-order valence-corrected chi connectivity index (χ2v) is 8.64. The Morgan fingerprint density at radius 1 is 0.926 bits per heavy atom. The van der Waals surface area contributed by atoms with Gasteiger partial charge in [0.05, 0.1) is 13.2 Å². The van der Waals surface area contributed by atoms with Gasteiger partial charge in [0, 0.05) is 11.5 Å². The number of aryl methyl sites for hydroxylation is 1. The summed E-state index contributed by atoms with van der Waals surface area (Å²) in [7, 11) is 0. The zero-order valence-corrected chi connectivity index (χ0v) is 17.2. The van der Waals surface area contributed by atoms with Gasteiger partial charge in [0.2, 0.25) is 0 Å². The Labute approximate surface area is 164 Å². The molecule has 1 aromatic carbocycles. The molecule has 0 N–H and O–H groups in total. The predicted molar refractivity (Wildman–Crippen MR) is 108 cm³/mol. The first-order valence-corrected chi connectivity index (χ1v) is 11.2. The van der Waals surface area contributed by atoms with Crippen molar-refractivity contribution in [2.75, 3.05) is 13.2 Å². The van der Waals surface area contributed by atoms with E-state index in [0.29, 0.717) is 5.92 Å². The van der Waals surface area contributed by atoms with Gasteiger partial charge in [-0.15, -0.1) is 0 Å². The van der Waals surface area contributed by atoms with E-state index in [9.17, 15) is 4.39 Å². The number of halogens is 1. The molecule has 0 amide bonds. The molecular weight excluding hydrogens is 339 g/mol. The summed E-state index contributed by atoms with van der Waals surface area (Å²) in [4.78, 5) is 0. The molecule has 2 nitrogen and oxygen atoms in total. The number of hydrogen-bond donors (Lipinski definition) is 0. The molecule has 0 spiro atoms. The van der Waals surface area contributed by atoms with Crippen molar-refractivity contribution >= 4 is 0 Å². The fourth-order valence-corrected chi connectivity index (χ4v) is 4.80. The van der Waals surface area contributed by atoms with Crippen molar-refractivity contribution in [3.05, 3.63) is 35.1 Å². The highest BCUT2D eigenvalue weighted by atomic mass is 19.1. The van der Waals surface area contributed by atoms with Gasteiger partial charge in [-0.1, -0.05) is 70.9 Å². The quantitative estimate of drug-likeness (QED) is 0.463. The summed E-state index contributed by atoms with van der Waals surface area (Å²) in [5, 5.41) is 0. The van der Waals surface area contributed by atoms with E-state index < -0.39 is 6.29 Å². The molecule has 0 bridgehead atoms. The summed E-state index contributed by atoms with van der Waals surface area (Å²) in [5.41, 5.74) is 1.59. The van der Waals surface area contributed by atoms with Crippen molar-refractivity contribution in [1.82, 2.24) is 0 Å². The van der Waals surface area contributed by atoms with Crippen LogP contribution in [0.4, 0.5) is 4.39 Å². The van der Waals surface area contributed by atoms with Crippen molar-refractivity contribution < 1.29 is 13.9 Å². The van der Waals surface area contributed by atoms with Crippen LogP contribution in [0, 0.1) is 23.6 Å². The number of rotatable bonds is 8. The van der Waals surface area contributed by atoms with Crippen LogP contribution in [0.2, 0.25) is 0 Å². The van der Waals surface area contributed by atoms with Crippen LogP contribution < -0.4 is 0 Å². The smallest absolute Gasteiger partial charge is 0.183 e. The molecule has 2 fully saturated rings. The fraction of sp³-hybridized carbons (Fsp3) is 0.750. The van der Waals surface area contributed by atoms with E-state index in [2.05, 4.69) is 13.8 Å². The third-order valence-electron chi connectivity index (χ3n) is 6.57. The summed E-state index contributed by atoms with van der Waals surface area (Å²) in [6, 6.07) is 5.44. The molecule has 1 aliphatic heterocycles. The molecule has 1 heterocycles. The van der Waals surface area contributed by atoms with Crippen LogP contribution in [0.5, 0.6) is 0 Å². The minimum Gasteiger partial charge on any atom is -0.348 e. The van der Waals surface area contributed by atoms with E-state index in [1.807, 2.05) is 12.1 Å². The van der Waals surface area contributed by atoms with Gasteiger partial charge >= 0.3 is 0 Å². The Morgan fingerprint density at radius 3 is 2.30 bits per heavy atom. The van der Waals surface area contributed by atoms with Crippen molar-refractivity contribution in [2.24, 2.45) is 17.8 Å². The maximum atomic E-state index is 14.2. The standard InChI is InChI=1S/C24H37FO2/c1-3-5-6-8-18-9-11-19(12-10-18)22-16-26-24(27-17-22)21-14-13-20(7-4-2)23(25)15-21/h13-15,18-19,22,24H,3-12,16-17H2,1-2H3/t18?,19?,22-,24-. The molecule has 1 saturated carbocycles. The zero-order chi connectivity index (χ0) is 19.1. The van der Waals surface area contributed by atoms with Gasteiger partial charge in [0.1, 0.15) is 5.82 Å². The van der Waals surface area contributed by atoms with Crippen molar-refractivity contribution in [1.29, 1.82) is 0 Å². The SMILES string of the molecule is CCCCCC1CCC([C@H]2CO[C@H](c3ccc(CCC)c(F)c3)OC2)CC1. The molecule has 27 heavy (non-hydrogen) atoms. The number of ether oxygens (including phenoxy) is 2. The van der Waals surface area contributed by atoms with Gasteiger partial charge in [0.15, 0.2) is 6.29 Å². The second-order valence-electron chi connectivity index (χ2n) is 8.64. The van der Waals surface area contributed by atoms with Crippen LogP contribution in [0.25, 0.3) is 0 Å². The first-order valence-electron chi connectivity index (χ1n) is 11.2. The molecule has 3 rings (SSSR count). The van der Waals surface area contributed by atoms with E-state index >= 15 is 0 Å². The zero-order valence-electron chi connectivity index (χ0n) is 17.2. The fourth-order valence-electron chi connectivity index (χ4n) is 4.80. The van der Waals surface area contributed by atoms with Gasteiger partial charge in [-0.25, -0.2) is 4.39 Å². The Morgan fingerprint density at radius 2 is 1.67 bits per heavy atom. The van der Waals surface area contributed by atoms with Crippen LogP contribution >= 0.6 is 0 Å². The molecule has 0 unspecified atom stereocenters. The Balaban J connectivity index is 1.43. The van der Waals surface area contributed by atoms with Crippen molar-refractivity contribution in [3.8, 4) is 0 Å². The number of unbranched alkanes of at least 4 members (excludes halogenated alkanes) is 2. The Hall–Kier alpha value is -0.930. The van der Waals surface area contributed by atoms with Gasteiger partial charge in [0.25, 0.3) is 0 Å². The van der Waals surface area contributed by atoms with Gasteiger partial charge in [-0.2, -0.15) is 0 Å². The molecule has 0 atom stereocenters. The van der Waals surface area contributed by atoms with Crippen LogP contribution in [0.1, 0.15) is 89.1 Å². The Kier molecular flexibility index (Phi) is 8.14.